The van der Waals surface area contributed by atoms with Gasteiger partial charge in [-0.15, -0.1) is 0 Å². The monoisotopic (exact) mass is 393 g/mol. The summed E-state index contributed by atoms with van der Waals surface area (Å²) in [6, 6.07) is 9.70. The molecule has 1 aromatic rings. The highest BCUT2D eigenvalue weighted by Crippen LogP contribution is 2.36. The summed E-state index contributed by atoms with van der Waals surface area (Å²) in [6.07, 6.45) is 3.71. The lowest BCUT2D eigenvalue weighted by molar-refractivity contribution is -0.156. The third kappa shape index (κ3) is 6.93. The van der Waals surface area contributed by atoms with Crippen LogP contribution in [-0.2, 0) is 14.3 Å². The molecule has 1 saturated carbocycles. The first-order chi connectivity index (χ1) is 12.9. The Hall–Kier alpha value is -1.39. The number of esters is 1. The average Bonchev–Trinajstić information content (AvgIpc) is 2.62. The predicted octanol–water partition coefficient (Wildman–Crippen LogP) is 4.87. The quantitative estimate of drug-likeness (QED) is 0.480. The third-order valence-electron chi connectivity index (χ3n) is 5.67. The van der Waals surface area contributed by atoms with Crippen LogP contribution in [0.3, 0.4) is 0 Å². The number of hydrogen-bond donors (Lipinski definition) is 1. The molecule has 150 valence electrons. The summed E-state index contributed by atoms with van der Waals surface area (Å²) in [5.41, 5.74) is 0.981. The number of carbonyl (C=O) groups excluding carboxylic acids is 2. The Balaban J connectivity index is 2.04. The van der Waals surface area contributed by atoms with E-state index in [2.05, 4.69) is 25.6 Å². The van der Waals surface area contributed by atoms with Gasteiger partial charge >= 0.3 is 5.97 Å². The highest BCUT2D eigenvalue weighted by atomic mass is 35.5. The van der Waals surface area contributed by atoms with Gasteiger partial charge in [-0.05, 0) is 47.9 Å². The average molecular weight is 394 g/mol. The van der Waals surface area contributed by atoms with E-state index in [9.17, 15) is 9.59 Å². The van der Waals surface area contributed by atoms with Crippen molar-refractivity contribution < 1.29 is 14.3 Å². The van der Waals surface area contributed by atoms with Crippen LogP contribution in [0, 0.1) is 17.8 Å². The molecule has 0 spiro atoms. The SMILES string of the molecule is CC(C)[C@@H]1CC[C@@H](C)C[C@H]1OC(=O)C[C@@H](CC(=O)CNCl)c1ccccc1. The van der Waals surface area contributed by atoms with Crippen molar-refractivity contribution in [3.8, 4) is 0 Å². The molecule has 0 aliphatic heterocycles. The second-order valence-corrected chi connectivity index (χ2v) is 8.49. The topological polar surface area (TPSA) is 55.4 Å². The van der Waals surface area contributed by atoms with Crippen LogP contribution < -0.4 is 4.84 Å². The molecule has 1 N–H and O–H groups in total. The molecule has 0 amide bonds. The van der Waals surface area contributed by atoms with Gasteiger partial charge in [0.2, 0.25) is 0 Å². The molecule has 0 aromatic heterocycles. The van der Waals surface area contributed by atoms with E-state index >= 15 is 0 Å². The van der Waals surface area contributed by atoms with Crippen molar-refractivity contribution in [2.24, 2.45) is 17.8 Å². The molecule has 0 bridgehead atoms. The summed E-state index contributed by atoms with van der Waals surface area (Å²) in [5, 5.41) is 0. The van der Waals surface area contributed by atoms with Crippen LogP contribution in [0.5, 0.6) is 0 Å². The first-order valence-corrected chi connectivity index (χ1v) is 10.4. The number of hydrogen-bond acceptors (Lipinski definition) is 4. The molecule has 1 aromatic carbocycles. The van der Waals surface area contributed by atoms with Gasteiger partial charge in [0.25, 0.3) is 0 Å². The maximum absolute atomic E-state index is 12.7. The molecule has 0 heterocycles. The van der Waals surface area contributed by atoms with E-state index in [1.165, 1.54) is 6.42 Å². The second kappa shape index (κ2) is 10.8. The van der Waals surface area contributed by atoms with E-state index in [0.717, 1.165) is 18.4 Å². The maximum Gasteiger partial charge on any atom is 0.306 e. The number of nitrogens with one attached hydrogen (secondary N) is 1. The van der Waals surface area contributed by atoms with Crippen LogP contribution in [0.15, 0.2) is 30.3 Å². The van der Waals surface area contributed by atoms with Gasteiger partial charge in [-0.3, -0.25) is 9.59 Å². The molecule has 0 radical (unpaired) electrons. The molecular weight excluding hydrogens is 362 g/mol. The first-order valence-electron chi connectivity index (χ1n) is 10.00. The summed E-state index contributed by atoms with van der Waals surface area (Å²) in [4.78, 5) is 27.2. The van der Waals surface area contributed by atoms with Gasteiger partial charge in [-0.1, -0.05) is 57.5 Å². The van der Waals surface area contributed by atoms with Gasteiger partial charge in [-0.25, -0.2) is 4.84 Å². The van der Waals surface area contributed by atoms with Crippen molar-refractivity contribution in [1.29, 1.82) is 0 Å². The standard InChI is InChI=1S/C22H32ClNO3/c1-15(2)20-10-9-16(3)11-21(20)27-22(26)13-18(12-19(25)14-24-23)17-7-5-4-6-8-17/h4-8,15-16,18,20-21,24H,9-14H2,1-3H3/t16-,18-,20+,21-/m1/s1. The van der Waals surface area contributed by atoms with Crippen LogP contribution in [0.1, 0.15) is 64.4 Å². The van der Waals surface area contributed by atoms with E-state index in [1.54, 1.807) is 0 Å². The Kier molecular flexibility index (Phi) is 8.78. The first kappa shape index (κ1) is 21.9. The lowest BCUT2D eigenvalue weighted by Crippen LogP contribution is -2.36. The fourth-order valence-electron chi connectivity index (χ4n) is 4.12. The number of rotatable bonds is 9. The van der Waals surface area contributed by atoms with E-state index < -0.39 is 0 Å². The van der Waals surface area contributed by atoms with Crippen LogP contribution in [0.2, 0.25) is 0 Å². The molecular formula is C22H32ClNO3. The van der Waals surface area contributed by atoms with E-state index in [4.69, 9.17) is 16.5 Å². The number of halogens is 1. The van der Waals surface area contributed by atoms with Crippen molar-refractivity contribution in [3.05, 3.63) is 35.9 Å². The zero-order valence-electron chi connectivity index (χ0n) is 16.6. The molecule has 1 fully saturated rings. The number of benzene rings is 1. The fourth-order valence-corrected chi connectivity index (χ4v) is 4.27. The van der Waals surface area contributed by atoms with Crippen molar-refractivity contribution >= 4 is 23.5 Å². The normalized spacial score (nSPS) is 23.8. The molecule has 0 unspecified atom stereocenters. The van der Waals surface area contributed by atoms with Crippen LogP contribution in [0.25, 0.3) is 0 Å². The molecule has 2 rings (SSSR count). The molecule has 1 aliphatic rings. The predicted molar refractivity (Wildman–Crippen MR) is 109 cm³/mol. The van der Waals surface area contributed by atoms with Crippen molar-refractivity contribution in [3.63, 3.8) is 0 Å². The highest BCUT2D eigenvalue weighted by Gasteiger charge is 2.34. The maximum atomic E-state index is 12.7. The van der Waals surface area contributed by atoms with E-state index in [0.29, 0.717) is 17.8 Å². The van der Waals surface area contributed by atoms with Gasteiger partial charge in [0.15, 0.2) is 0 Å². The number of Topliss-reactive ketones (excluding diaryl/α,β-unsaturated/α-hetero) is 1. The Bertz CT molecular complexity index is 605. The molecule has 1 aliphatic carbocycles. The van der Waals surface area contributed by atoms with Gasteiger partial charge in [0.05, 0.1) is 13.0 Å². The van der Waals surface area contributed by atoms with Gasteiger partial charge in [0.1, 0.15) is 11.9 Å². The Morgan fingerprint density at radius 3 is 2.52 bits per heavy atom. The van der Waals surface area contributed by atoms with Gasteiger partial charge < -0.3 is 4.74 Å². The fraction of sp³-hybridized carbons (Fsp3) is 0.636. The minimum Gasteiger partial charge on any atom is -0.462 e. The Morgan fingerprint density at radius 2 is 1.89 bits per heavy atom. The summed E-state index contributed by atoms with van der Waals surface area (Å²) in [6.45, 7) is 6.72. The molecule has 4 nitrogen and oxygen atoms in total. The van der Waals surface area contributed by atoms with Crippen molar-refractivity contribution in [2.75, 3.05) is 6.54 Å². The zero-order chi connectivity index (χ0) is 19.8. The Labute approximate surface area is 168 Å². The second-order valence-electron chi connectivity index (χ2n) is 8.22. The molecule has 5 heteroatoms. The van der Waals surface area contributed by atoms with Crippen LogP contribution in [-0.4, -0.2) is 24.4 Å². The van der Waals surface area contributed by atoms with Gasteiger partial charge in [-0.2, -0.15) is 0 Å². The van der Waals surface area contributed by atoms with Crippen molar-refractivity contribution in [2.45, 2.75) is 64.9 Å². The number of ketones is 1. The third-order valence-corrected chi connectivity index (χ3v) is 5.80. The molecule has 4 atom stereocenters. The van der Waals surface area contributed by atoms with Crippen LogP contribution in [0.4, 0.5) is 0 Å². The molecule has 0 saturated heterocycles. The van der Waals surface area contributed by atoms with Gasteiger partial charge in [0, 0.05) is 12.3 Å². The number of carbonyl (C=O) groups is 2. The van der Waals surface area contributed by atoms with Crippen LogP contribution >= 0.6 is 11.8 Å². The summed E-state index contributed by atoms with van der Waals surface area (Å²) < 4.78 is 5.94. The Morgan fingerprint density at radius 1 is 1.19 bits per heavy atom. The lowest BCUT2D eigenvalue weighted by Gasteiger charge is -2.37. The summed E-state index contributed by atoms with van der Waals surface area (Å²) in [5.74, 6) is 1.09. The highest BCUT2D eigenvalue weighted by molar-refractivity contribution is 6.14. The minimum absolute atomic E-state index is 0.0157. The number of ether oxygens (including phenoxy) is 1. The zero-order valence-corrected chi connectivity index (χ0v) is 17.4. The molecule has 27 heavy (non-hydrogen) atoms. The minimum atomic E-state index is -0.208. The van der Waals surface area contributed by atoms with E-state index in [-0.39, 0.29) is 43.2 Å². The lowest BCUT2D eigenvalue weighted by atomic mass is 9.75. The summed E-state index contributed by atoms with van der Waals surface area (Å²) in [7, 11) is 0. The largest absolute Gasteiger partial charge is 0.462 e. The summed E-state index contributed by atoms with van der Waals surface area (Å²) >= 11 is 5.46. The smallest absolute Gasteiger partial charge is 0.306 e. The van der Waals surface area contributed by atoms with Crippen molar-refractivity contribution in [1.82, 2.24) is 4.84 Å². The van der Waals surface area contributed by atoms with E-state index in [1.807, 2.05) is 30.3 Å².